The molecule has 0 aliphatic carbocycles. The van der Waals surface area contributed by atoms with Crippen LogP contribution in [0.3, 0.4) is 0 Å². The first-order valence-corrected chi connectivity index (χ1v) is 7.16. The van der Waals surface area contributed by atoms with E-state index in [1.807, 2.05) is 0 Å². The Balaban J connectivity index is 2.19. The van der Waals surface area contributed by atoms with Crippen LogP contribution in [-0.2, 0) is 4.79 Å². The van der Waals surface area contributed by atoms with Crippen LogP contribution in [0.4, 0.5) is 15.8 Å². The summed E-state index contributed by atoms with van der Waals surface area (Å²) in [7, 11) is 0. The van der Waals surface area contributed by atoms with Gasteiger partial charge >= 0.3 is 0 Å². The van der Waals surface area contributed by atoms with Gasteiger partial charge in [0.2, 0.25) is 5.91 Å². The lowest BCUT2D eigenvalue weighted by molar-refractivity contribution is -0.111. The highest BCUT2D eigenvalue weighted by Gasteiger charge is 2.13. The van der Waals surface area contributed by atoms with Gasteiger partial charge < -0.3 is 15.6 Å². The molecule has 2 aromatic rings. The highest BCUT2D eigenvalue weighted by Crippen LogP contribution is 2.24. The van der Waals surface area contributed by atoms with Gasteiger partial charge in [0.05, 0.1) is 10.7 Å². The number of carbonyl (C=O) groups is 2. The molecule has 0 unspecified atom stereocenters. The topological polar surface area (TPSA) is 74.0 Å². The molecule has 1 aromatic carbocycles. The van der Waals surface area contributed by atoms with E-state index in [1.165, 1.54) is 18.2 Å². The maximum Gasteiger partial charge on any atom is 0.272 e. The van der Waals surface area contributed by atoms with Crippen molar-refractivity contribution in [2.45, 2.75) is 0 Å². The Kier molecular flexibility index (Phi) is 4.99. The molecular weight excluding hydrogens is 377 g/mol. The maximum atomic E-state index is 13.6. The molecule has 0 spiro atoms. The number of amides is 2. The number of halogens is 3. The molecule has 0 aliphatic rings. The number of hydrogen-bond donors (Lipinski definition) is 3. The van der Waals surface area contributed by atoms with E-state index in [4.69, 9.17) is 11.6 Å². The molecule has 0 saturated carbocycles. The normalized spacial score (nSPS) is 10.1. The molecule has 0 saturated heterocycles. The summed E-state index contributed by atoms with van der Waals surface area (Å²) in [6, 6.07) is 5.25. The number of benzene rings is 1. The van der Waals surface area contributed by atoms with Gasteiger partial charge in [-0.3, -0.25) is 9.59 Å². The van der Waals surface area contributed by atoms with Gasteiger partial charge in [0, 0.05) is 5.69 Å². The van der Waals surface area contributed by atoms with Crippen LogP contribution in [0.25, 0.3) is 0 Å². The van der Waals surface area contributed by atoms with E-state index in [0.29, 0.717) is 15.3 Å². The van der Waals surface area contributed by atoms with Crippen molar-refractivity contribution < 1.29 is 14.0 Å². The van der Waals surface area contributed by atoms with Crippen molar-refractivity contribution in [1.82, 2.24) is 4.98 Å². The van der Waals surface area contributed by atoms with Crippen LogP contribution >= 0.6 is 27.5 Å². The van der Waals surface area contributed by atoms with Gasteiger partial charge in [0.15, 0.2) is 0 Å². The van der Waals surface area contributed by atoms with Crippen molar-refractivity contribution in [2.24, 2.45) is 0 Å². The van der Waals surface area contributed by atoms with Crippen LogP contribution in [0.15, 0.2) is 41.5 Å². The summed E-state index contributed by atoms with van der Waals surface area (Å²) in [4.78, 5) is 26.0. The fourth-order valence-electron chi connectivity index (χ4n) is 1.61. The lowest BCUT2D eigenvalue weighted by atomic mass is 10.2. The number of anilines is 2. The first-order chi connectivity index (χ1) is 10.4. The van der Waals surface area contributed by atoms with Gasteiger partial charge in [0.25, 0.3) is 5.91 Å². The molecule has 1 aromatic heterocycles. The number of aromatic amines is 1. The van der Waals surface area contributed by atoms with Crippen LogP contribution < -0.4 is 10.6 Å². The van der Waals surface area contributed by atoms with E-state index in [0.717, 1.165) is 12.1 Å². The number of hydrogen-bond acceptors (Lipinski definition) is 2. The summed E-state index contributed by atoms with van der Waals surface area (Å²) in [6.07, 6.45) is 1.02. The third kappa shape index (κ3) is 3.75. The second-order valence-corrected chi connectivity index (χ2v) is 5.39. The summed E-state index contributed by atoms with van der Waals surface area (Å²) in [5.41, 5.74) is 0.485. The Morgan fingerprint density at radius 1 is 1.32 bits per heavy atom. The van der Waals surface area contributed by atoms with E-state index >= 15 is 0 Å². The standard InChI is InChI=1S/C14H10BrClFN3O2/c1-2-12(21)19-10-5-7(3-4-9(10)17)18-14(22)11-6-8(16)13(15)20-11/h2-6,20H,1H2,(H,18,22)(H,19,21). The summed E-state index contributed by atoms with van der Waals surface area (Å²) in [6.45, 7) is 3.28. The van der Waals surface area contributed by atoms with E-state index in [2.05, 4.69) is 38.1 Å². The van der Waals surface area contributed by atoms with Crippen molar-refractivity contribution >= 4 is 50.7 Å². The summed E-state index contributed by atoms with van der Waals surface area (Å²) >= 11 is 8.98. The zero-order valence-corrected chi connectivity index (χ0v) is 13.4. The SMILES string of the molecule is C=CC(=O)Nc1cc(NC(=O)c2cc(Cl)c(Br)[nH]2)ccc1F. The predicted octanol–water partition coefficient (Wildman–Crippen LogP) is 3.95. The van der Waals surface area contributed by atoms with Crippen molar-refractivity contribution in [3.8, 4) is 0 Å². The highest BCUT2D eigenvalue weighted by molar-refractivity contribution is 9.10. The third-order valence-corrected chi connectivity index (χ3v) is 3.79. The Labute approximate surface area is 138 Å². The molecule has 0 radical (unpaired) electrons. The lowest BCUT2D eigenvalue weighted by Crippen LogP contribution is -2.13. The first kappa shape index (κ1) is 16.3. The first-order valence-electron chi connectivity index (χ1n) is 5.99. The average molecular weight is 387 g/mol. The van der Waals surface area contributed by atoms with Crippen molar-refractivity contribution in [3.63, 3.8) is 0 Å². The van der Waals surface area contributed by atoms with Crippen LogP contribution in [0, 0.1) is 5.82 Å². The smallest absolute Gasteiger partial charge is 0.272 e. The van der Waals surface area contributed by atoms with Gasteiger partial charge in [-0.05, 0) is 46.3 Å². The van der Waals surface area contributed by atoms with Crippen LogP contribution in [-0.4, -0.2) is 16.8 Å². The second-order valence-electron chi connectivity index (χ2n) is 4.19. The number of H-pyrrole nitrogens is 1. The van der Waals surface area contributed by atoms with Crippen LogP contribution in [0.2, 0.25) is 5.02 Å². The fraction of sp³-hybridized carbons (Fsp3) is 0. The molecule has 8 heteroatoms. The van der Waals surface area contributed by atoms with Crippen molar-refractivity contribution in [3.05, 3.63) is 58.1 Å². The molecular formula is C14H10BrClFN3O2. The zero-order chi connectivity index (χ0) is 16.3. The molecule has 2 rings (SSSR count). The molecule has 0 atom stereocenters. The summed E-state index contributed by atoms with van der Waals surface area (Å²) in [5.74, 6) is -1.64. The maximum absolute atomic E-state index is 13.6. The minimum atomic E-state index is -0.626. The Morgan fingerprint density at radius 2 is 2.05 bits per heavy atom. The number of carbonyl (C=O) groups excluding carboxylic acids is 2. The van der Waals surface area contributed by atoms with Crippen LogP contribution in [0.5, 0.6) is 0 Å². The van der Waals surface area contributed by atoms with E-state index in [9.17, 15) is 14.0 Å². The minimum absolute atomic E-state index is 0.0617. The third-order valence-electron chi connectivity index (χ3n) is 2.64. The van der Waals surface area contributed by atoms with E-state index in [1.54, 1.807) is 0 Å². The molecule has 0 fully saturated rings. The predicted molar refractivity (Wildman–Crippen MR) is 86.7 cm³/mol. The lowest BCUT2D eigenvalue weighted by Gasteiger charge is -2.08. The van der Waals surface area contributed by atoms with Gasteiger partial charge in [-0.1, -0.05) is 18.2 Å². The molecule has 1 heterocycles. The van der Waals surface area contributed by atoms with E-state index in [-0.39, 0.29) is 11.4 Å². The Morgan fingerprint density at radius 3 is 2.64 bits per heavy atom. The second kappa shape index (κ2) is 6.76. The molecule has 0 aliphatic heterocycles. The molecule has 5 nitrogen and oxygen atoms in total. The Hall–Kier alpha value is -2.12. The summed E-state index contributed by atoms with van der Waals surface area (Å²) in [5, 5.41) is 5.24. The van der Waals surface area contributed by atoms with Crippen molar-refractivity contribution in [2.75, 3.05) is 10.6 Å². The zero-order valence-electron chi connectivity index (χ0n) is 11.0. The molecule has 2 amide bonds. The Bertz CT molecular complexity index is 741. The average Bonchev–Trinajstić information content (AvgIpc) is 2.82. The fourth-order valence-corrected chi connectivity index (χ4v) is 2.09. The minimum Gasteiger partial charge on any atom is -0.344 e. The number of rotatable bonds is 4. The monoisotopic (exact) mass is 385 g/mol. The van der Waals surface area contributed by atoms with Crippen LogP contribution in [0.1, 0.15) is 10.5 Å². The van der Waals surface area contributed by atoms with Crippen molar-refractivity contribution in [1.29, 1.82) is 0 Å². The van der Waals surface area contributed by atoms with Gasteiger partial charge in [-0.2, -0.15) is 0 Å². The molecule has 114 valence electrons. The highest BCUT2D eigenvalue weighted by atomic mass is 79.9. The molecule has 22 heavy (non-hydrogen) atoms. The largest absolute Gasteiger partial charge is 0.344 e. The molecule has 0 bridgehead atoms. The van der Waals surface area contributed by atoms with E-state index < -0.39 is 17.6 Å². The molecule has 3 N–H and O–H groups in total. The van der Waals surface area contributed by atoms with Gasteiger partial charge in [0.1, 0.15) is 16.1 Å². The van der Waals surface area contributed by atoms with Gasteiger partial charge in [-0.25, -0.2) is 4.39 Å². The number of nitrogens with one attached hydrogen (secondary N) is 3. The quantitative estimate of drug-likeness (QED) is 0.696. The number of aromatic nitrogens is 1. The van der Waals surface area contributed by atoms with Gasteiger partial charge in [-0.15, -0.1) is 0 Å². The summed E-state index contributed by atoms with van der Waals surface area (Å²) < 4.78 is 14.1.